The molecule has 0 unspecified atom stereocenters. The molecular weight excluding hydrogens is 345 g/mol. The van der Waals surface area contributed by atoms with E-state index in [4.69, 9.17) is 1.37 Å². The molecule has 1 nitrogen and oxygen atoms in total. The largest absolute Gasteiger partial charge is 0.220 e. The maximum absolute atomic E-state index is 14.5. The van der Waals surface area contributed by atoms with Crippen LogP contribution in [-0.2, 0) is 13.5 Å². The van der Waals surface area contributed by atoms with Gasteiger partial charge in [0.2, 0.25) is 5.69 Å². The maximum Gasteiger partial charge on any atom is 0.220 e. The minimum atomic E-state index is -0.120. The van der Waals surface area contributed by atoms with Crippen molar-refractivity contribution in [1.29, 1.82) is 0 Å². The molecule has 2 aromatic carbocycles. The first-order chi connectivity index (χ1) is 13.8. The number of fused-ring (bicyclic) bond motifs is 1. The van der Waals surface area contributed by atoms with Gasteiger partial charge < -0.3 is 0 Å². The van der Waals surface area contributed by atoms with Gasteiger partial charge in [-0.1, -0.05) is 37.8 Å². The molecule has 28 heavy (non-hydrogen) atoms. The summed E-state index contributed by atoms with van der Waals surface area (Å²) in [7, 11) is 2.02. The van der Waals surface area contributed by atoms with Gasteiger partial charge in [0, 0.05) is 13.0 Å². The fourth-order valence-electron chi connectivity index (χ4n) is 4.83. The maximum atomic E-state index is 14.5. The molecule has 0 N–H and O–H groups in total. The molecule has 0 spiro atoms. The zero-order chi connectivity index (χ0) is 20.9. The van der Waals surface area contributed by atoms with Crippen LogP contribution >= 0.6 is 0 Å². The van der Waals surface area contributed by atoms with E-state index in [1.165, 1.54) is 31.2 Å². The predicted molar refractivity (Wildman–Crippen MR) is 115 cm³/mol. The summed E-state index contributed by atoms with van der Waals surface area (Å²) >= 11 is 0. The Bertz CT molecular complexity index is 1110. The number of nitrogens with zero attached hydrogens (tertiary/aromatic N) is 1. The summed E-state index contributed by atoms with van der Waals surface area (Å²) in [5.74, 6) is 0.664. The molecule has 4 rings (SSSR count). The Morgan fingerprint density at radius 1 is 1.07 bits per heavy atom. The second kappa shape index (κ2) is 7.31. The molecule has 3 aromatic rings. The summed E-state index contributed by atoms with van der Waals surface area (Å²) in [6, 6.07) is 9.19. The Balaban J connectivity index is 1.95. The summed E-state index contributed by atoms with van der Waals surface area (Å²) < 4.78 is 25.3. The zero-order valence-corrected chi connectivity index (χ0v) is 17.7. The topological polar surface area (TPSA) is 3.88 Å². The van der Waals surface area contributed by atoms with E-state index in [0.717, 1.165) is 45.6 Å². The Morgan fingerprint density at radius 2 is 1.79 bits per heavy atom. The summed E-state index contributed by atoms with van der Waals surface area (Å²) in [5, 5.41) is 2.08. The first-order valence-electron chi connectivity index (χ1n) is 11.0. The Kier molecular flexibility index (Phi) is 4.66. The van der Waals surface area contributed by atoms with Gasteiger partial charge >= 0.3 is 0 Å². The van der Waals surface area contributed by atoms with E-state index in [1.807, 2.05) is 40.8 Å². The first-order valence-corrected chi connectivity index (χ1v) is 10.5. The SMILES string of the molecule is [2H]c1c(C)[n+](C)c(-c2cc(C)c(F)c(C)c2C)c2ccc(CC3CCCC3)cc12. The van der Waals surface area contributed by atoms with Crippen LogP contribution in [0.1, 0.15) is 55.0 Å². The fourth-order valence-corrected chi connectivity index (χ4v) is 4.83. The van der Waals surface area contributed by atoms with Crippen LogP contribution in [-0.4, -0.2) is 0 Å². The van der Waals surface area contributed by atoms with Crippen molar-refractivity contribution in [2.24, 2.45) is 13.0 Å². The van der Waals surface area contributed by atoms with Crippen LogP contribution in [0.4, 0.5) is 4.39 Å². The Morgan fingerprint density at radius 3 is 2.50 bits per heavy atom. The van der Waals surface area contributed by atoms with Crippen molar-refractivity contribution in [3.8, 4) is 11.3 Å². The van der Waals surface area contributed by atoms with E-state index >= 15 is 0 Å². The smallest absolute Gasteiger partial charge is 0.206 e. The molecular formula is C26H31FN+. The molecule has 0 bridgehead atoms. The number of pyridine rings is 1. The van der Waals surface area contributed by atoms with Crippen LogP contribution in [0.25, 0.3) is 22.0 Å². The summed E-state index contributed by atoms with van der Waals surface area (Å²) in [4.78, 5) is 0. The van der Waals surface area contributed by atoms with Gasteiger partial charge in [0.25, 0.3) is 0 Å². The van der Waals surface area contributed by atoms with Gasteiger partial charge in [-0.15, -0.1) is 0 Å². The number of benzene rings is 2. The first kappa shape index (κ1) is 17.8. The highest BCUT2D eigenvalue weighted by atomic mass is 19.1. The van der Waals surface area contributed by atoms with Crippen LogP contribution in [0, 0.1) is 39.4 Å². The predicted octanol–water partition coefficient (Wildman–Crippen LogP) is 6.44. The molecule has 1 aliphatic carbocycles. The lowest BCUT2D eigenvalue weighted by Crippen LogP contribution is -2.35. The van der Waals surface area contributed by atoms with Crippen molar-refractivity contribution in [1.82, 2.24) is 0 Å². The van der Waals surface area contributed by atoms with Crippen molar-refractivity contribution in [2.45, 2.75) is 59.8 Å². The van der Waals surface area contributed by atoms with E-state index in [9.17, 15) is 4.39 Å². The summed E-state index contributed by atoms with van der Waals surface area (Å²) in [5.41, 5.74) is 6.74. The third-order valence-corrected chi connectivity index (χ3v) is 6.75. The standard InChI is InChI=1S/C26H31FN/c1-16-12-24(18(3)19(4)25(16)27)26-23-11-10-21(14-20-8-6-7-9-20)15-22(23)13-17(2)28(26)5/h10-13,15,20H,6-9,14H2,1-5H3/q+1/i13D. The zero-order valence-electron chi connectivity index (χ0n) is 18.7. The number of rotatable bonds is 3. The van der Waals surface area contributed by atoms with Crippen molar-refractivity contribution in [3.05, 3.63) is 64.1 Å². The van der Waals surface area contributed by atoms with Gasteiger partial charge in [0.1, 0.15) is 12.9 Å². The van der Waals surface area contributed by atoms with E-state index in [2.05, 4.69) is 22.8 Å². The molecule has 1 aliphatic rings. The normalized spacial score (nSPS) is 15.4. The van der Waals surface area contributed by atoms with Gasteiger partial charge in [0.15, 0.2) is 5.69 Å². The van der Waals surface area contributed by atoms with Crippen molar-refractivity contribution >= 4 is 10.8 Å². The molecule has 0 saturated heterocycles. The number of hydrogen-bond acceptors (Lipinski definition) is 0. The Labute approximate surface area is 169 Å². The molecule has 1 fully saturated rings. The minimum Gasteiger partial charge on any atom is -0.206 e. The van der Waals surface area contributed by atoms with Gasteiger partial charge in [-0.2, -0.15) is 4.57 Å². The molecule has 2 heteroatoms. The average molecular weight is 378 g/mol. The van der Waals surface area contributed by atoms with Crippen molar-refractivity contribution < 1.29 is 10.3 Å². The van der Waals surface area contributed by atoms with Crippen LogP contribution in [0.2, 0.25) is 0 Å². The molecule has 0 atom stereocenters. The second-order valence-electron chi connectivity index (χ2n) is 8.66. The van der Waals surface area contributed by atoms with Crippen molar-refractivity contribution in [2.75, 3.05) is 0 Å². The van der Waals surface area contributed by atoms with E-state index < -0.39 is 0 Å². The van der Waals surface area contributed by atoms with Crippen LogP contribution in [0.5, 0.6) is 0 Å². The van der Waals surface area contributed by atoms with E-state index in [0.29, 0.717) is 17.2 Å². The minimum absolute atomic E-state index is 0.120. The fraction of sp³-hybridized carbons (Fsp3) is 0.423. The second-order valence-corrected chi connectivity index (χ2v) is 8.66. The van der Waals surface area contributed by atoms with Crippen molar-refractivity contribution in [3.63, 3.8) is 0 Å². The monoisotopic (exact) mass is 377 g/mol. The molecule has 0 aliphatic heterocycles. The molecule has 0 radical (unpaired) electrons. The number of aryl methyl sites for hydroxylation is 1. The van der Waals surface area contributed by atoms with E-state index in [-0.39, 0.29) is 5.82 Å². The average Bonchev–Trinajstić information content (AvgIpc) is 3.22. The van der Waals surface area contributed by atoms with Crippen LogP contribution in [0.3, 0.4) is 0 Å². The van der Waals surface area contributed by atoms with Gasteiger partial charge in [-0.3, -0.25) is 0 Å². The highest BCUT2D eigenvalue weighted by Gasteiger charge is 2.23. The van der Waals surface area contributed by atoms with Crippen LogP contribution < -0.4 is 4.57 Å². The van der Waals surface area contributed by atoms with Gasteiger partial charge in [-0.25, -0.2) is 4.39 Å². The molecule has 1 saturated carbocycles. The Hall–Kier alpha value is -2.22. The van der Waals surface area contributed by atoms with E-state index in [1.54, 1.807) is 0 Å². The van der Waals surface area contributed by atoms with Gasteiger partial charge in [-0.05, 0) is 72.9 Å². The summed E-state index contributed by atoms with van der Waals surface area (Å²) in [6.07, 6.45) is 6.46. The number of halogens is 1. The van der Waals surface area contributed by atoms with Crippen LogP contribution in [0.15, 0.2) is 30.3 Å². The lowest BCUT2D eigenvalue weighted by Gasteiger charge is -2.15. The highest BCUT2D eigenvalue weighted by Crippen LogP contribution is 2.34. The van der Waals surface area contributed by atoms with Gasteiger partial charge in [0.05, 0.1) is 12.3 Å². The lowest BCUT2D eigenvalue weighted by atomic mass is 9.92. The third kappa shape index (κ3) is 3.23. The number of hydrogen-bond donors (Lipinski definition) is 0. The quantitative estimate of drug-likeness (QED) is 0.463. The highest BCUT2D eigenvalue weighted by molar-refractivity contribution is 5.94. The molecule has 0 amide bonds. The molecule has 1 aromatic heterocycles. The third-order valence-electron chi connectivity index (χ3n) is 6.75. The molecule has 146 valence electrons. The number of aromatic nitrogens is 1. The molecule has 1 heterocycles. The lowest BCUT2D eigenvalue weighted by molar-refractivity contribution is -0.665. The summed E-state index contributed by atoms with van der Waals surface area (Å²) in [6.45, 7) is 7.69.